The topological polar surface area (TPSA) is 0 Å². The van der Waals surface area contributed by atoms with Crippen LogP contribution in [0.1, 0.15) is 16.7 Å². The Morgan fingerprint density at radius 2 is 1.00 bits per heavy atom. The van der Waals surface area contributed by atoms with E-state index in [9.17, 15) is 13.2 Å². The molecule has 0 radical (unpaired) electrons. The van der Waals surface area contributed by atoms with Crippen LogP contribution in [0.5, 0.6) is 0 Å². The second-order valence-corrected chi connectivity index (χ2v) is 6.93. The highest BCUT2D eigenvalue weighted by Gasteiger charge is 2.07. The summed E-state index contributed by atoms with van der Waals surface area (Å²) in [6, 6.07) is 15.7. The lowest BCUT2D eigenvalue weighted by Gasteiger charge is -1.99. The standard InChI is InChI=1S/C7H5Cl3.C7H5F3.C7H8/c2*1-4-2-5(8)7(10)6(9)3-4;1-7-5-3-2-4-6-7/h2*2-3H,1H3;2-6H,1H3. The Morgan fingerprint density at radius 3 is 1.37 bits per heavy atom. The molecule has 0 aliphatic heterocycles. The molecule has 6 heteroatoms. The minimum absolute atomic E-state index is 0.372. The first-order valence-corrected chi connectivity index (χ1v) is 8.99. The fourth-order valence-electron chi connectivity index (χ4n) is 1.90. The molecule has 3 aromatic rings. The number of hydrogen-bond acceptors (Lipinski definition) is 0. The lowest BCUT2D eigenvalue weighted by atomic mass is 10.2. The Morgan fingerprint density at radius 1 is 0.593 bits per heavy atom. The molecular weight excluding hydrogens is 416 g/mol. The minimum atomic E-state index is -1.41. The zero-order valence-electron chi connectivity index (χ0n) is 15.0. The molecule has 0 nitrogen and oxygen atoms in total. The molecule has 0 spiro atoms. The second kappa shape index (κ2) is 11.2. The Balaban J connectivity index is 0.000000206. The van der Waals surface area contributed by atoms with Crippen LogP contribution in [0.3, 0.4) is 0 Å². The molecule has 0 heterocycles. The number of halogens is 6. The molecule has 0 saturated heterocycles. The first-order chi connectivity index (χ1) is 12.6. The van der Waals surface area contributed by atoms with Gasteiger partial charge in [-0.15, -0.1) is 0 Å². The van der Waals surface area contributed by atoms with Crippen molar-refractivity contribution in [3.63, 3.8) is 0 Å². The first-order valence-electron chi connectivity index (χ1n) is 7.85. The van der Waals surface area contributed by atoms with Crippen LogP contribution in [0.25, 0.3) is 0 Å². The summed E-state index contributed by atoms with van der Waals surface area (Å²) in [6.45, 7) is 5.49. The first kappa shape index (κ1) is 23.4. The van der Waals surface area contributed by atoms with Gasteiger partial charge in [-0.1, -0.05) is 70.7 Å². The zero-order chi connectivity index (χ0) is 20.6. The molecule has 0 fully saturated rings. The fraction of sp³-hybridized carbons (Fsp3) is 0.143. The molecule has 0 amide bonds. The van der Waals surface area contributed by atoms with Crippen LogP contribution in [-0.2, 0) is 0 Å². The lowest BCUT2D eigenvalue weighted by Crippen LogP contribution is -1.90. The summed E-state index contributed by atoms with van der Waals surface area (Å²) in [4.78, 5) is 0. The van der Waals surface area contributed by atoms with E-state index in [1.54, 1.807) is 12.1 Å². The third kappa shape index (κ3) is 8.25. The highest BCUT2D eigenvalue weighted by atomic mass is 35.5. The number of benzene rings is 3. The number of hydrogen-bond donors (Lipinski definition) is 0. The molecule has 27 heavy (non-hydrogen) atoms. The van der Waals surface area contributed by atoms with E-state index >= 15 is 0 Å². The summed E-state index contributed by atoms with van der Waals surface area (Å²) >= 11 is 17.1. The maximum atomic E-state index is 12.2. The smallest absolute Gasteiger partial charge is 0.194 e. The van der Waals surface area contributed by atoms with Crippen LogP contribution in [0, 0.1) is 38.2 Å². The van der Waals surface area contributed by atoms with Gasteiger partial charge in [-0.3, -0.25) is 0 Å². The van der Waals surface area contributed by atoms with Crippen molar-refractivity contribution in [2.75, 3.05) is 0 Å². The molecule has 0 bridgehead atoms. The van der Waals surface area contributed by atoms with Crippen molar-refractivity contribution in [3.8, 4) is 0 Å². The van der Waals surface area contributed by atoms with Crippen LogP contribution in [0.4, 0.5) is 13.2 Å². The molecule has 0 N–H and O–H groups in total. The molecule has 0 aliphatic carbocycles. The van der Waals surface area contributed by atoms with Gasteiger partial charge in [0.2, 0.25) is 0 Å². The predicted molar refractivity (Wildman–Crippen MR) is 108 cm³/mol. The normalized spacial score (nSPS) is 9.67. The quantitative estimate of drug-likeness (QED) is 0.312. The highest BCUT2D eigenvalue weighted by molar-refractivity contribution is 6.48. The van der Waals surface area contributed by atoms with Crippen LogP contribution in [-0.4, -0.2) is 0 Å². The van der Waals surface area contributed by atoms with Crippen molar-refractivity contribution in [2.24, 2.45) is 0 Å². The Bertz CT molecular complexity index is 780. The largest absolute Gasteiger partial charge is 0.204 e. The molecule has 3 aromatic carbocycles. The van der Waals surface area contributed by atoms with E-state index in [2.05, 4.69) is 19.1 Å². The van der Waals surface area contributed by atoms with Crippen molar-refractivity contribution in [3.05, 3.63) is 104 Å². The Labute approximate surface area is 172 Å². The maximum absolute atomic E-state index is 12.2. The average Bonchev–Trinajstić information content (AvgIpc) is 2.59. The summed E-state index contributed by atoms with van der Waals surface area (Å²) in [7, 11) is 0. The van der Waals surface area contributed by atoms with E-state index in [0.29, 0.717) is 20.6 Å². The van der Waals surface area contributed by atoms with Gasteiger partial charge in [0, 0.05) is 0 Å². The van der Waals surface area contributed by atoms with Crippen molar-refractivity contribution >= 4 is 34.8 Å². The van der Waals surface area contributed by atoms with Gasteiger partial charge in [0.15, 0.2) is 17.5 Å². The molecule has 0 atom stereocenters. The molecular formula is C21H18Cl3F3. The van der Waals surface area contributed by atoms with Gasteiger partial charge < -0.3 is 0 Å². The van der Waals surface area contributed by atoms with E-state index in [-0.39, 0.29) is 0 Å². The zero-order valence-corrected chi connectivity index (χ0v) is 17.2. The van der Waals surface area contributed by atoms with E-state index in [1.165, 1.54) is 12.5 Å². The minimum Gasteiger partial charge on any atom is -0.204 e. The van der Waals surface area contributed by atoms with E-state index < -0.39 is 17.5 Å². The van der Waals surface area contributed by atoms with Crippen molar-refractivity contribution < 1.29 is 13.2 Å². The van der Waals surface area contributed by atoms with Gasteiger partial charge >= 0.3 is 0 Å². The molecule has 0 unspecified atom stereocenters. The third-order valence-electron chi connectivity index (χ3n) is 3.20. The monoisotopic (exact) mass is 432 g/mol. The predicted octanol–water partition coefficient (Wildman–Crippen LogP) is 8.36. The summed E-state index contributed by atoms with van der Waals surface area (Å²) in [5.41, 5.74) is 2.71. The van der Waals surface area contributed by atoms with Gasteiger partial charge in [0.05, 0.1) is 15.1 Å². The summed E-state index contributed by atoms with van der Waals surface area (Å²) < 4.78 is 36.6. The molecule has 0 saturated carbocycles. The van der Waals surface area contributed by atoms with Crippen molar-refractivity contribution in [1.82, 2.24) is 0 Å². The summed E-state index contributed by atoms with van der Waals surface area (Å²) in [5, 5.41) is 1.44. The van der Waals surface area contributed by atoms with Gasteiger partial charge in [-0.2, -0.15) is 0 Å². The van der Waals surface area contributed by atoms with E-state index in [0.717, 1.165) is 17.7 Å². The molecule has 0 aromatic heterocycles. The highest BCUT2D eigenvalue weighted by Crippen LogP contribution is 2.30. The van der Waals surface area contributed by atoms with E-state index in [1.807, 2.05) is 25.1 Å². The molecule has 0 aliphatic rings. The van der Waals surface area contributed by atoms with E-state index in [4.69, 9.17) is 34.8 Å². The Hall–Kier alpha value is -1.68. The summed E-state index contributed by atoms with van der Waals surface area (Å²) in [6.07, 6.45) is 0. The Kier molecular flexibility index (Phi) is 9.71. The van der Waals surface area contributed by atoms with Crippen LogP contribution in [0.15, 0.2) is 54.6 Å². The SMILES string of the molecule is Cc1cc(Cl)c(Cl)c(Cl)c1.Cc1cc(F)c(F)c(F)c1.Cc1ccccc1. The van der Waals surface area contributed by atoms with Gasteiger partial charge in [0.25, 0.3) is 0 Å². The van der Waals surface area contributed by atoms with Crippen LogP contribution in [0.2, 0.25) is 15.1 Å². The van der Waals surface area contributed by atoms with Gasteiger partial charge in [-0.05, 0) is 56.2 Å². The molecule has 144 valence electrons. The van der Waals surface area contributed by atoms with Crippen molar-refractivity contribution in [2.45, 2.75) is 20.8 Å². The third-order valence-corrected chi connectivity index (χ3v) is 4.39. The van der Waals surface area contributed by atoms with Gasteiger partial charge in [-0.25, -0.2) is 13.2 Å². The van der Waals surface area contributed by atoms with Crippen LogP contribution >= 0.6 is 34.8 Å². The van der Waals surface area contributed by atoms with Crippen molar-refractivity contribution in [1.29, 1.82) is 0 Å². The maximum Gasteiger partial charge on any atom is 0.194 e. The number of aryl methyl sites for hydroxylation is 3. The average molecular weight is 434 g/mol. The van der Waals surface area contributed by atoms with Crippen LogP contribution < -0.4 is 0 Å². The number of rotatable bonds is 0. The lowest BCUT2D eigenvalue weighted by molar-refractivity contribution is 0.446. The van der Waals surface area contributed by atoms with Gasteiger partial charge in [0.1, 0.15) is 0 Å². The second-order valence-electron chi connectivity index (χ2n) is 5.74. The molecule has 3 rings (SSSR count). The fourth-order valence-corrected chi connectivity index (χ4v) is 2.60. The summed E-state index contributed by atoms with van der Waals surface area (Å²) in [5.74, 6) is -3.69.